The SMILES string of the molecule is CS(=O)(=O)N1CCC(C2CCN(C(=O)c3cc(C4CC4)[nH]n3)C2)CC1. The number of sulfonamides is 1. The van der Waals surface area contributed by atoms with Crippen LogP contribution in [-0.2, 0) is 10.0 Å². The van der Waals surface area contributed by atoms with Gasteiger partial charge in [-0.25, -0.2) is 12.7 Å². The van der Waals surface area contributed by atoms with Gasteiger partial charge in [-0.15, -0.1) is 0 Å². The fourth-order valence-corrected chi connectivity index (χ4v) is 5.12. The first kappa shape index (κ1) is 17.0. The van der Waals surface area contributed by atoms with Gasteiger partial charge >= 0.3 is 0 Å². The second-order valence-corrected chi connectivity index (χ2v) is 9.76. The Bertz CT molecular complexity index is 748. The lowest BCUT2D eigenvalue weighted by Gasteiger charge is -2.33. The Morgan fingerprint density at radius 2 is 1.80 bits per heavy atom. The third-order valence-electron chi connectivity index (χ3n) is 5.98. The number of likely N-dealkylation sites (tertiary alicyclic amines) is 1. The second-order valence-electron chi connectivity index (χ2n) is 7.78. The van der Waals surface area contributed by atoms with Gasteiger partial charge in [0.2, 0.25) is 10.0 Å². The number of aromatic nitrogens is 2. The van der Waals surface area contributed by atoms with Gasteiger partial charge in [-0.1, -0.05) is 0 Å². The van der Waals surface area contributed by atoms with Crippen molar-refractivity contribution in [1.82, 2.24) is 19.4 Å². The van der Waals surface area contributed by atoms with Crippen molar-refractivity contribution in [2.75, 3.05) is 32.4 Å². The van der Waals surface area contributed by atoms with Crippen LogP contribution in [0.3, 0.4) is 0 Å². The minimum absolute atomic E-state index is 0.0271. The highest BCUT2D eigenvalue weighted by Gasteiger charge is 2.36. The number of aromatic amines is 1. The van der Waals surface area contributed by atoms with Crippen molar-refractivity contribution in [1.29, 1.82) is 0 Å². The van der Waals surface area contributed by atoms with E-state index in [1.54, 1.807) is 4.31 Å². The summed E-state index contributed by atoms with van der Waals surface area (Å²) in [6.45, 7) is 2.77. The first-order valence-electron chi connectivity index (χ1n) is 9.21. The summed E-state index contributed by atoms with van der Waals surface area (Å²) in [5, 5.41) is 7.21. The number of piperidine rings is 1. The topological polar surface area (TPSA) is 86.4 Å². The molecule has 0 spiro atoms. The third-order valence-corrected chi connectivity index (χ3v) is 7.28. The van der Waals surface area contributed by atoms with Crippen LogP contribution in [-0.4, -0.2) is 66.2 Å². The Hall–Kier alpha value is -1.41. The molecule has 1 amide bonds. The molecule has 1 saturated carbocycles. The van der Waals surface area contributed by atoms with E-state index >= 15 is 0 Å². The van der Waals surface area contributed by atoms with E-state index in [-0.39, 0.29) is 5.91 Å². The molecule has 1 atom stereocenters. The molecule has 7 nitrogen and oxygen atoms in total. The average Bonchev–Trinajstić information content (AvgIpc) is 3.13. The summed E-state index contributed by atoms with van der Waals surface area (Å²) in [5.74, 6) is 1.59. The first-order valence-corrected chi connectivity index (χ1v) is 11.1. The van der Waals surface area contributed by atoms with Gasteiger partial charge in [0.1, 0.15) is 5.69 Å². The largest absolute Gasteiger partial charge is 0.337 e. The highest BCUT2D eigenvalue weighted by molar-refractivity contribution is 7.88. The third kappa shape index (κ3) is 3.60. The lowest BCUT2D eigenvalue weighted by atomic mass is 9.84. The molecule has 1 unspecified atom stereocenters. The maximum absolute atomic E-state index is 12.7. The molecule has 3 fully saturated rings. The van der Waals surface area contributed by atoms with Crippen LogP contribution < -0.4 is 0 Å². The average molecular weight is 366 g/mol. The summed E-state index contributed by atoms with van der Waals surface area (Å²) >= 11 is 0. The normalized spacial score (nSPS) is 26.3. The lowest BCUT2D eigenvalue weighted by molar-refractivity contribution is 0.0772. The summed E-state index contributed by atoms with van der Waals surface area (Å²) in [6, 6.07) is 1.91. The number of rotatable bonds is 4. The van der Waals surface area contributed by atoms with E-state index in [1.807, 2.05) is 11.0 Å². The van der Waals surface area contributed by atoms with Crippen LogP contribution >= 0.6 is 0 Å². The molecule has 8 heteroatoms. The number of nitrogens with zero attached hydrogens (tertiary/aromatic N) is 3. The summed E-state index contributed by atoms with van der Waals surface area (Å²) in [5.41, 5.74) is 1.63. The fraction of sp³-hybridized carbons (Fsp3) is 0.765. The number of carbonyl (C=O) groups is 1. The quantitative estimate of drug-likeness (QED) is 0.873. The molecule has 3 aliphatic rings. The molecule has 4 rings (SSSR count). The number of H-pyrrole nitrogens is 1. The number of nitrogens with one attached hydrogen (secondary N) is 1. The Labute approximate surface area is 148 Å². The van der Waals surface area contributed by atoms with Crippen LogP contribution in [0.2, 0.25) is 0 Å². The Morgan fingerprint density at radius 1 is 1.12 bits per heavy atom. The zero-order valence-corrected chi connectivity index (χ0v) is 15.5. The van der Waals surface area contributed by atoms with Gasteiger partial charge in [0.05, 0.1) is 6.26 Å². The molecule has 1 aromatic rings. The molecule has 0 aromatic carbocycles. The van der Waals surface area contributed by atoms with E-state index in [1.165, 1.54) is 19.1 Å². The molecular weight excluding hydrogens is 340 g/mol. The van der Waals surface area contributed by atoms with E-state index in [4.69, 9.17) is 0 Å². The van der Waals surface area contributed by atoms with Crippen molar-refractivity contribution < 1.29 is 13.2 Å². The molecule has 1 aliphatic carbocycles. The van der Waals surface area contributed by atoms with Crippen LogP contribution in [0.4, 0.5) is 0 Å². The molecule has 2 saturated heterocycles. The first-order chi connectivity index (χ1) is 11.9. The molecule has 138 valence electrons. The van der Waals surface area contributed by atoms with Crippen LogP contribution in [0.5, 0.6) is 0 Å². The summed E-state index contributed by atoms with van der Waals surface area (Å²) in [4.78, 5) is 14.6. The van der Waals surface area contributed by atoms with Gasteiger partial charge in [0.25, 0.3) is 5.91 Å². The van der Waals surface area contributed by atoms with Crippen molar-refractivity contribution in [3.8, 4) is 0 Å². The van der Waals surface area contributed by atoms with Crippen molar-refractivity contribution in [2.24, 2.45) is 11.8 Å². The maximum Gasteiger partial charge on any atom is 0.274 e. The standard InChI is InChI=1S/C17H26N4O3S/c1-25(23,24)21-8-5-12(6-9-21)14-4-7-20(11-14)17(22)16-10-15(18-19-16)13-2-3-13/h10,12-14H,2-9,11H2,1H3,(H,18,19). The van der Waals surface area contributed by atoms with Gasteiger partial charge in [0.15, 0.2) is 0 Å². The van der Waals surface area contributed by atoms with Crippen molar-refractivity contribution in [2.45, 2.75) is 38.0 Å². The summed E-state index contributed by atoms with van der Waals surface area (Å²) in [7, 11) is -3.08. The highest BCUT2D eigenvalue weighted by Crippen LogP contribution is 2.39. The molecule has 2 aliphatic heterocycles. The Morgan fingerprint density at radius 3 is 2.44 bits per heavy atom. The van der Waals surface area contributed by atoms with Crippen LogP contribution in [0.1, 0.15) is 54.2 Å². The van der Waals surface area contributed by atoms with E-state index < -0.39 is 10.0 Å². The molecule has 0 bridgehead atoms. The molecular formula is C17H26N4O3S. The van der Waals surface area contributed by atoms with Crippen LogP contribution in [0.25, 0.3) is 0 Å². The van der Waals surface area contributed by atoms with E-state index in [9.17, 15) is 13.2 Å². The Balaban J connectivity index is 1.32. The zero-order valence-electron chi connectivity index (χ0n) is 14.6. The van der Waals surface area contributed by atoms with Gasteiger partial charge in [-0.05, 0) is 50.0 Å². The van der Waals surface area contributed by atoms with Crippen LogP contribution in [0, 0.1) is 11.8 Å². The lowest BCUT2D eigenvalue weighted by Crippen LogP contribution is -2.40. The van der Waals surface area contributed by atoms with E-state index in [0.717, 1.165) is 38.0 Å². The van der Waals surface area contributed by atoms with E-state index in [0.29, 0.717) is 36.5 Å². The zero-order chi connectivity index (χ0) is 17.6. The maximum atomic E-state index is 12.7. The van der Waals surface area contributed by atoms with Gasteiger partial charge in [0, 0.05) is 37.8 Å². The smallest absolute Gasteiger partial charge is 0.274 e. The van der Waals surface area contributed by atoms with E-state index in [2.05, 4.69) is 10.2 Å². The second kappa shape index (κ2) is 6.39. The fourth-order valence-electron chi connectivity index (χ4n) is 4.25. The summed E-state index contributed by atoms with van der Waals surface area (Å²) in [6.07, 6.45) is 6.46. The van der Waals surface area contributed by atoms with Crippen molar-refractivity contribution in [3.05, 3.63) is 17.5 Å². The predicted molar refractivity (Wildman–Crippen MR) is 93.7 cm³/mol. The minimum Gasteiger partial charge on any atom is -0.337 e. The number of amides is 1. The Kier molecular flexibility index (Phi) is 4.35. The monoisotopic (exact) mass is 366 g/mol. The number of carbonyl (C=O) groups excluding carboxylic acids is 1. The van der Waals surface area contributed by atoms with Crippen molar-refractivity contribution in [3.63, 3.8) is 0 Å². The molecule has 0 radical (unpaired) electrons. The summed E-state index contributed by atoms with van der Waals surface area (Å²) < 4.78 is 24.8. The minimum atomic E-state index is -3.08. The molecule has 3 heterocycles. The predicted octanol–water partition coefficient (Wildman–Crippen LogP) is 1.42. The van der Waals surface area contributed by atoms with Gasteiger partial charge in [-0.2, -0.15) is 5.10 Å². The van der Waals surface area contributed by atoms with Gasteiger partial charge in [-0.3, -0.25) is 9.89 Å². The molecule has 25 heavy (non-hydrogen) atoms. The van der Waals surface area contributed by atoms with Gasteiger partial charge < -0.3 is 4.90 Å². The van der Waals surface area contributed by atoms with Crippen LogP contribution in [0.15, 0.2) is 6.07 Å². The molecule has 1 N–H and O–H groups in total. The van der Waals surface area contributed by atoms with Crippen molar-refractivity contribution >= 4 is 15.9 Å². The number of hydrogen-bond acceptors (Lipinski definition) is 4. The molecule has 1 aromatic heterocycles. The number of hydrogen-bond donors (Lipinski definition) is 1. The highest BCUT2D eigenvalue weighted by atomic mass is 32.2.